The second kappa shape index (κ2) is 8.42. The van der Waals surface area contributed by atoms with Crippen LogP contribution in [0.1, 0.15) is 42.5 Å². The Morgan fingerprint density at radius 2 is 2.04 bits per heavy atom. The van der Waals surface area contributed by atoms with Crippen molar-refractivity contribution in [2.45, 2.75) is 43.0 Å². The number of carbonyl (C=O) groups excluding carboxylic acids is 1. The number of sulfonamides is 1. The van der Waals surface area contributed by atoms with Crippen LogP contribution >= 0.6 is 0 Å². The topological polar surface area (TPSA) is 84.5 Å². The molecular formula is C16H24N2O4S. The number of hydrogen-bond acceptors (Lipinski definition) is 4. The van der Waals surface area contributed by atoms with Gasteiger partial charge >= 0.3 is 0 Å². The van der Waals surface area contributed by atoms with Crippen molar-refractivity contribution in [3.8, 4) is 0 Å². The molecule has 0 aromatic heterocycles. The van der Waals surface area contributed by atoms with Gasteiger partial charge in [0.05, 0.1) is 4.90 Å². The van der Waals surface area contributed by atoms with Crippen molar-refractivity contribution in [1.82, 2.24) is 10.0 Å². The molecule has 0 heterocycles. The van der Waals surface area contributed by atoms with Crippen LogP contribution in [-0.4, -0.2) is 40.6 Å². The molecule has 0 aliphatic heterocycles. The summed E-state index contributed by atoms with van der Waals surface area (Å²) in [5.41, 5.74) is 0.344. The molecule has 0 atom stereocenters. The van der Waals surface area contributed by atoms with Gasteiger partial charge in [0.15, 0.2) is 0 Å². The SMILES string of the molecule is COCCCNC(=O)c1cccc(S(=O)(=O)NC2CCCC2)c1. The largest absolute Gasteiger partial charge is 0.385 e. The van der Waals surface area contributed by atoms with Gasteiger partial charge < -0.3 is 10.1 Å². The Hall–Kier alpha value is -1.44. The summed E-state index contributed by atoms with van der Waals surface area (Å²) in [5.74, 6) is -0.279. The molecule has 1 aliphatic rings. The first-order chi connectivity index (χ1) is 11.0. The minimum absolute atomic E-state index is 0.00604. The van der Waals surface area contributed by atoms with Crippen LogP contribution in [0, 0.1) is 0 Å². The predicted octanol–water partition coefficient (Wildman–Crippen LogP) is 1.67. The molecule has 7 heteroatoms. The Balaban J connectivity index is 2.01. The van der Waals surface area contributed by atoms with Crippen molar-refractivity contribution in [2.75, 3.05) is 20.3 Å². The molecule has 6 nitrogen and oxygen atoms in total. The van der Waals surface area contributed by atoms with E-state index in [0.29, 0.717) is 25.1 Å². The average molecular weight is 340 g/mol. The first-order valence-electron chi connectivity index (χ1n) is 7.92. The highest BCUT2D eigenvalue weighted by molar-refractivity contribution is 7.89. The number of nitrogens with one attached hydrogen (secondary N) is 2. The minimum atomic E-state index is -3.58. The Labute approximate surface area is 137 Å². The molecule has 0 spiro atoms. The summed E-state index contributed by atoms with van der Waals surface area (Å²) >= 11 is 0. The fourth-order valence-corrected chi connectivity index (χ4v) is 4.01. The first kappa shape index (κ1) is 17.9. The van der Waals surface area contributed by atoms with Crippen molar-refractivity contribution in [3.63, 3.8) is 0 Å². The van der Waals surface area contributed by atoms with E-state index < -0.39 is 10.0 Å². The summed E-state index contributed by atoms with van der Waals surface area (Å²) in [6, 6.07) is 6.14. The zero-order valence-corrected chi connectivity index (χ0v) is 14.2. The molecule has 0 unspecified atom stereocenters. The zero-order valence-electron chi connectivity index (χ0n) is 13.4. The normalized spacial score (nSPS) is 15.7. The molecule has 0 saturated heterocycles. The molecule has 2 rings (SSSR count). The van der Waals surface area contributed by atoms with E-state index in [1.807, 2.05) is 0 Å². The second-order valence-corrected chi connectivity index (χ2v) is 7.45. The molecule has 1 aromatic rings. The molecule has 2 N–H and O–H groups in total. The van der Waals surface area contributed by atoms with Gasteiger partial charge in [-0.1, -0.05) is 18.9 Å². The van der Waals surface area contributed by atoms with E-state index in [0.717, 1.165) is 25.7 Å². The third-order valence-corrected chi connectivity index (χ3v) is 5.41. The number of benzene rings is 1. The Kier molecular flexibility index (Phi) is 6.56. The van der Waals surface area contributed by atoms with E-state index in [2.05, 4.69) is 10.0 Å². The van der Waals surface area contributed by atoms with E-state index in [-0.39, 0.29) is 16.8 Å². The third-order valence-electron chi connectivity index (χ3n) is 3.89. The highest BCUT2D eigenvalue weighted by atomic mass is 32.2. The highest BCUT2D eigenvalue weighted by Gasteiger charge is 2.23. The molecule has 1 amide bonds. The maximum Gasteiger partial charge on any atom is 0.251 e. The molecule has 1 aliphatic carbocycles. The fraction of sp³-hybridized carbons (Fsp3) is 0.562. The maximum atomic E-state index is 12.4. The van der Waals surface area contributed by atoms with Gasteiger partial charge in [-0.25, -0.2) is 13.1 Å². The van der Waals surface area contributed by atoms with E-state index in [4.69, 9.17) is 4.74 Å². The van der Waals surface area contributed by atoms with Gasteiger partial charge in [0.1, 0.15) is 0 Å². The van der Waals surface area contributed by atoms with Crippen LogP contribution in [0.4, 0.5) is 0 Å². The van der Waals surface area contributed by atoms with Crippen LogP contribution < -0.4 is 10.0 Å². The van der Waals surface area contributed by atoms with Gasteiger partial charge in [-0.2, -0.15) is 0 Å². The summed E-state index contributed by atoms with van der Waals surface area (Å²) in [7, 11) is -1.97. The molecule has 128 valence electrons. The van der Waals surface area contributed by atoms with Crippen molar-refractivity contribution in [2.24, 2.45) is 0 Å². The van der Waals surface area contributed by atoms with Crippen molar-refractivity contribution in [1.29, 1.82) is 0 Å². The van der Waals surface area contributed by atoms with Gasteiger partial charge in [-0.3, -0.25) is 4.79 Å². The van der Waals surface area contributed by atoms with Gasteiger partial charge in [0.25, 0.3) is 5.91 Å². The molecular weight excluding hydrogens is 316 g/mol. The Morgan fingerprint density at radius 1 is 1.30 bits per heavy atom. The summed E-state index contributed by atoms with van der Waals surface area (Å²) in [5, 5.41) is 2.75. The zero-order chi connectivity index (χ0) is 16.7. The number of methoxy groups -OCH3 is 1. The molecule has 23 heavy (non-hydrogen) atoms. The summed E-state index contributed by atoms with van der Waals surface area (Å²) in [6.07, 6.45) is 4.56. The quantitative estimate of drug-likeness (QED) is 0.705. The van der Waals surface area contributed by atoms with Crippen LogP contribution in [0.3, 0.4) is 0 Å². The monoisotopic (exact) mass is 340 g/mol. The van der Waals surface area contributed by atoms with E-state index in [1.54, 1.807) is 19.2 Å². The molecule has 0 bridgehead atoms. The van der Waals surface area contributed by atoms with Gasteiger partial charge in [-0.15, -0.1) is 0 Å². The summed E-state index contributed by atoms with van der Waals surface area (Å²) in [4.78, 5) is 12.2. The summed E-state index contributed by atoms with van der Waals surface area (Å²) < 4.78 is 32.4. The molecule has 0 radical (unpaired) electrons. The lowest BCUT2D eigenvalue weighted by Gasteiger charge is -2.13. The fourth-order valence-electron chi connectivity index (χ4n) is 2.66. The van der Waals surface area contributed by atoms with Crippen LogP contribution in [0.2, 0.25) is 0 Å². The van der Waals surface area contributed by atoms with E-state index in [1.165, 1.54) is 12.1 Å². The lowest BCUT2D eigenvalue weighted by Crippen LogP contribution is -2.33. The third kappa shape index (κ3) is 5.30. The van der Waals surface area contributed by atoms with Crippen LogP contribution in [0.25, 0.3) is 0 Å². The Bertz CT molecular complexity index is 625. The second-order valence-electron chi connectivity index (χ2n) is 5.73. The van der Waals surface area contributed by atoms with Crippen molar-refractivity contribution >= 4 is 15.9 Å². The van der Waals surface area contributed by atoms with Crippen molar-refractivity contribution in [3.05, 3.63) is 29.8 Å². The van der Waals surface area contributed by atoms with Crippen LogP contribution in [-0.2, 0) is 14.8 Å². The smallest absolute Gasteiger partial charge is 0.251 e. The number of rotatable bonds is 8. The predicted molar refractivity (Wildman–Crippen MR) is 87.8 cm³/mol. The van der Waals surface area contributed by atoms with Crippen LogP contribution in [0.15, 0.2) is 29.2 Å². The maximum absolute atomic E-state index is 12.4. The standard InChI is InChI=1S/C16H24N2O4S/c1-22-11-5-10-17-16(19)13-6-4-9-15(12-13)23(20,21)18-14-7-2-3-8-14/h4,6,9,12,14,18H,2-3,5,7-8,10-11H2,1H3,(H,17,19). The number of carbonyl (C=O) groups is 1. The van der Waals surface area contributed by atoms with Gasteiger partial charge in [0.2, 0.25) is 10.0 Å². The van der Waals surface area contributed by atoms with Crippen LogP contribution in [0.5, 0.6) is 0 Å². The minimum Gasteiger partial charge on any atom is -0.385 e. The number of ether oxygens (including phenoxy) is 1. The first-order valence-corrected chi connectivity index (χ1v) is 9.41. The van der Waals surface area contributed by atoms with Gasteiger partial charge in [-0.05, 0) is 37.5 Å². The number of hydrogen-bond donors (Lipinski definition) is 2. The lowest BCUT2D eigenvalue weighted by molar-refractivity contribution is 0.0948. The molecule has 1 saturated carbocycles. The van der Waals surface area contributed by atoms with E-state index >= 15 is 0 Å². The van der Waals surface area contributed by atoms with E-state index in [9.17, 15) is 13.2 Å². The summed E-state index contributed by atoms with van der Waals surface area (Å²) in [6.45, 7) is 1.06. The van der Waals surface area contributed by atoms with Crippen molar-refractivity contribution < 1.29 is 17.9 Å². The average Bonchev–Trinajstić information content (AvgIpc) is 3.04. The number of amides is 1. The molecule has 1 fully saturated rings. The van der Waals surface area contributed by atoms with Gasteiger partial charge in [0, 0.05) is 31.9 Å². The molecule has 1 aromatic carbocycles. The Morgan fingerprint density at radius 3 is 2.74 bits per heavy atom. The highest BCUT2D eigenvalue weighted by Crippen LogP contribution is 2.20. The lowest BCUT2D eigenvalue weighted by atomic mass is 10.2.